The van der Waals surface area contributed by atoms with Crippen LogP contribution in [-0.4, -0.2) is 58.6 Å². The second kappa shape index (κ2) is 9.45. The molecule has 1 aromatic heterocycles. The molecule has 3 amide bonds. The molecule has 7 nitrogen and oxygen atoms in total. The third-order valence-electron chi connectivity index (χ3n) is 5.36. The Kier molecular flexibility index (Phi) is 6.93. The molecule has 0 aliphatic carbocycles. The fourth-order valence-electron chi connectivity index (χ4n) is 3.99. The third-order valence-corrected chi connectivity index (χ3v) is 5.36. The van der Waals surface area contributed by atoms with E-state index in [2.05, 4.69) is 16.0 Å². The summed E-state index contributed by atoms with van der Waals surface area (Å²) in [5.41, 5.74) is 1.70. The first kappa shape index (κ1) is 22.7. The number of nitrogens with one attached hydrogen (secondary N) is 1. The minimum atomic E-state index is -0.360. The fourth-order valence-corrected chi connectivity index (χ4v) is 3.99. The van der Waals surface area contributed by atoms with Gasteiger partial charge in [0.1, 0.15) is 12.3 Å². The number of urea groups is 1. The van der Waals surface area contributed by atoms with Crippen molar-refractivity contribution in [3.05, 3.63) is 53.9 Å². The van der Waals surface area contributed by atoms with E-state index >= 15 is 0 Å². The smallest absolute Gasteiger partial charge is 0.318 e. The lowest BCUT2D eigenvalue weighted by Gasteiger charge is -2.38. The highest BCUT2D eigenvalue weighted by atomic mass is 16.5. The molecule has 1 atom stereocenters. The molecule has 3 rings (SSSR count). The minimum absolute atomic E-state index is 0.0525. The van der Waals surface area contributed by atoms with E-state index in [1.807, 2.05) is 69.1 Å². The molecule has 2 aromatic rings. The Morgan fingerprint density at radius 1 is 1.19 bits per heavy atom. The van der Waals surface area contributed by atoms with E-state index in [0.29, 0.717) is 13.1 Å². The van der Waals surface area contributed by atoms with Crippen molar-refractivity contribution in [3.63, 3.8) is 0 Å². The van der Waals surface area contributed by atoms with E-state index in [1.54, 1.807) is 12.0 Å². The maximum atomic E-state index is 13.5. The first-order chi connectivity index (χ1) is 14.7. The highest BCUT2D eigenvalue weighted by molar-refractivity contribution is 5.85. The summed E-state index contributed by atoms with van der Waals surface area (Å²) >= 11 is 0. The van der Waals surface area contributed by atoms with Gasteiger partial charge in [0.25, 0.3) is 0 Å². The highest BCUT2D eigenvalue weighted by Crippen LogP contribution is 2.34. The van der Waals surface area contributed by atoms with Gasteiger partial charge in [-0.1, -0.05) is 19.1 Å². The van der Waals surface area contributed by atoms with Crippen LogP contribution in [0.15, 0.2) is 42.6 Å². The fraction of sp³-hybridized carbons (Fsp3) is 0.500. The van der Waals surface area contributed by atoms with Crippen LogP contribution in [0.25, 0.3) is 0 Å². The zero-order chi connectivity index (χ0) is 22.6. The average Bonchev–Trinajstić information content (AvgIpc) is 3.20. The van der Waals surface area contributed by atoms with Crippen molar-refractivity contribution in [1.82, 2.24) is 19.7 Å². The van der Waals surface area contributed by atoms with Crippen molar-refractivity contribution in [2.45, 2.75) is 52.2 Å². The van der Waals surface area contributed by atoms with Crippen LogP contribution in [0.5, 0.6) is 5.75 Å². The molecule has 1 N–H and O–H groups in total. The Hall–Kier alpha value is -2.96. The molecule has 1 aromatic carbocycles. The molecule has 168 valence electrons. The molecule has 31 heavy (non-hydrogen) atoms. The molecular weight excluding hydrogens is 392 g/mol. The largest absolute Gasteiger partial charge is 0.497 e. The normalized spacial score (nSPS) is 15.9. The summed E-state index contributed by atoms with van der Waals surface area (Å²) in [5, 5.41) is 2.98. The number of nitrogens with zero attached hydrogens (tertiary/aromatic N) is 3. The van der Waals surface area contributed by atoms with Gasteiger partial charge in [0.05, 0.1) is 13.2 Å². The number of aromatic nitrogens is 1. The van der Waals surface area contributed by atoms with E-state index in [9.17, 15) is 9.59 Å². The number of fused-ring (bicyclic) bond motifs is 1. The summed E-state index contributed by atoms with van der Waals surface area (Å²) in [7, 11) is 1.64. The topological polar surface area (TPSA) is 66.8 Å². The van der Waals surface area contributed by atoms with Gasteiger partial charge in [0, 0.05) is 37.1 Å². The van der Waals surface area contributed by atoms with Crippen molar-refractivity contribution in [2.75, 3.05) is 26.7 Å². The van der Waals surface area contributed by atoms with Crippen LogP contribution in [0.1, 0.15) is 51.4 Å². The van der Waals surface area contributed by atoms with Gasteiger partial charge in [0.15, 0.2) is 0 Å². The summed E-state index contributed by atoms with van der Waals surface area (Å²) < 4.78 is 7.60. The van der Waals surface area contributed by atoms with Gasteiger partial charge in [0.2, 0.25) is 5.91 Å². The lowest BCUT2D eigenvalue weighted by Crippen LogP contribution is -2.53. The van der Waals surface area contributed by atoms with Crippen LogP contribution in [0, 0.1) is 0 Å². The summed E-state index contributed by atoms with van der Waals surface area (Å²) in [4.78, 5) is 29.8. The number of ether oxygens (including phenoxy) is 1. The Labute approximate surface area is 185 Å². The lowest BCUT2D eigenvalue weighted by atomic mass is 9.99. The lowest BCUT2D eigenvalue weighted by molar-refractivity contribution is -0.134. The van der Waals surface area contributed by atoms with Crippen molar-refractivity contribution < 1.29 is 14.3 Å². The number of hydrogen-bond acceptors (Lipinski definition) is 3. The summed E-state index contributed by atoms with van der Waals surface area (Å²) in [6, 6.07) is 11.5. The summed E-state index contributed by atoms with van der Waals surface area (Å²) in [6.07, 6.45) is 2.83. The molecule has 0 saturated carbocycles. The van der Waals surface area contributed by atoms with Crippen LogP contribution in [0.4, 0.5) is 4.79 Å². The van der Waals surface area contributed by atoms with Crippen LogP contribution in [0.2, 0.25) is 0 Å². The zero-order valence-electron chi connectivity index (χ0n) is 19.2. The van der Waals surface area contributed by atoms with E-state index < -0.39 is 0 Å². The molecule has 1 aliphatic rings. The highest BCUT2D eigenvalue weighted by Gasteiger charge is 2.33. The maximum Gasteiger partial charge on any atom is 0.318 e. The number of rotatable bonds is 6. The van der Waals surface area contributed by atoms with Crippen LogP contribution in [0.3, 0.4) is 0 Å². The predicted molar refractivity (Wildman–Crippen MR) is 121 cm³/mol. The van der Waals surface area contributed by atoms with Crippen LogP contribution >= 0.6 is 0 Å². The summed E-state index contributed by atoms with van der Waals surface area (Å²) in [6.45, 7) is 9.73. The SMILES string of the molecule is CCCN(CC(=O)N1CCn2cccc2C1c1cccc(OC)c1)C(=O)NC(C)(C)C. The average molecular weight is 427 g/mol. The monoisotopic (exact) mass is 426 g/mol. The Morgan fingerprint density at radius 2 is 1.97 bits per heavy atom. The molecule has 1 unspecified atom stereocenters. The van der Waals surface area contributed by atoms with Crippen molar-refractivity contribution in [1.29, 1.82) is 0 Å². The second-order valence-corrected chi connectivity index (χ2v) is 8.99. The predicted octanol–water partition coefficient (Wildman–Crippen LogP) is 3.65. The molecule has 2 heterocycles. The first-order valence-corrected chi connectivity index (χ1v) is 10.9. The molecule has 0 spiro atoms. The molecule has 0 radical (unpaired) electrons. The van der Waals surface area contributed by atoms with E-state index in [0.717, 1.165) is 30.0 Å². The molecule has 0 bridgehead atoms. The molecule has 0 fully saturated rings. The Balaban J connectivity index is 1.88. The van der Waals surface area contributed by atoms with E-state index in [4.69, 9.17) is 4.74 Å². The first-order valence-electron chi connectivity index (χ1n) is 10.9. The van der Waals surface area contributed by atoms with Gasteiger partial charge in [-0.25, -0.2) is 4.79 Å². The second-order valence-electron chi connectivity index (χ2n) is 8.99. The standard InChI is InChI=1S/C24H34N4O3/c1-6-12-27(23(30)25-24(2,3)4)17-21(29)28-15-14-26-13-8-11-20(26)22(28)18-9-7-10-19(16-18)31-5/h7-11,13,16,22H,6,12,14-15,17H2,1-5H3,(H,25,30). The Morgan fingerprint density at radius 3 is 2.65 bits per heavy atom. The number of amides is 3. The van der Waals surface area contributed by atoms with Gasteiger partial charge in [-0.3, -0.25) is 4.79 Å². The van der Waals surface area contributed by atoms with Crippen LogP contribution in [-0.2, 0) is 11.3 Å². The number of benzene rings is 1. The van der Waals surface area contributed by atoms with Crippen molar-refractivity contribution >= 4 is 11.9 Å². The van der Waals surface area contributed by atoms with Gasteiger partial charge >= 0.3 is 6.03 Å². The van der Waals surface area contributed by atoms with Gasteiger partial charge in [-0.05, 0) is 57.0 Å². The quantitative estimate of drug-likeness (QED) is 0.767. The molecular formula is C24H34N4O3. The number of carbonyl (C=O) groups is 2. The van der Waals surface area contributed by atoms with Crippen molar-refractivity contribution in [2.24, 2.45) is 0 Å². The Bertz CT molecular complexity index is 916. The number of hydrogen-bond donors (Lipinski definition) is 1. The van der Waals surface area contributed by atoms with Crippen molar-refractivity contribution in [3.8, 4) is 5.75 Å². The minimum Gasteiger partial charge on any atom is -0.497 e. The number of carbonyl (C=O) groups excluding carboxylic acids is 2. The third kappa shape index (κ3) is 5.40. The van der Waals surface area contributed by atoms with Gasteiger partial charge in [-0.2, -0.15) is 0 Å². The van der Waals surface area contributed by atoms with Gasteiger partial charge < -0.3 is 24.4 Å². The molecule has 1 aliphatic heterocycles. The molecule has 7 heteroatoms. The van der Waals surface area contributed by atoms with E-state index in [1.165, 1.54) is 0 Å². The van der Waals surface area contributed by atoms with Gasteiger partial charge in [-0.15, -0.1) is 0 Å². The molecule has 0 saturated heterocycles. The number of methoxy groups -OCH3 is 1. The van der Waals surface area contributed by atoms with Crippen LogP contribution < -0.4 is 10.1 Å². The summed E-state index contributed by atoms with van der Waals surface area (Å²) in [5.74, 6) is 0.698. The van der Waals surface area contributed by atoms with E-state index in [-0.39, 0.29) is 30.1 Å². The zero-order valence-corrected chi connectivity index (χ0v) is 19.2. The maximum absolute atomic E-state index is 13.5.